The number of nitrogens with two attached hydrogens (primary N) is 1. The van der Waals surface area contributed by atoms with Gasteiger partial charge in [0.05, 0.1) is 10.7 Å². The van der Waals surface area contributed by atoms with Crippen molar-refractivity contribution in [1.82, 2.24) is 0 Å². The van der Waals surface area contributed by atoms with E-state index in [-0.39, 0.29) is 15.7 Å². The fourth-order valence-electron chi connectivity index (χ4n) is 0.774. The number of halogens is 3. The largest absolute Gasteiger partial charge is 0.396 e. The second kappa shape index (κ2) is 3.33. The van der Waals surface area contributed by atoms with Gasteiger partial charge >= 0.3 is 0 Å². The van der Waals surface area contributed by atoms with Gasteiger partial charge in [-0.1, -0.05) is 29.8 Å². The van der Waals surface area contributed by atoms with Crippen molar-refractivity contribution in [1.29, 1.82) is 0 Å². The summed E-state index contributed by atoms with van der Waals surface area (Å²) < 4.78 is 12.7. The van der Waals surface area contributed by atoms with Gasteiger partial charge in [-0.3, -0.25) is 0 Å². The summed E-state index contributed by atoms with van der Waals surface area (Å²) in [4.78, 5) is 0. The van der Waals surface area contributed by atoms with Gasteiger partial charge in [0.25, 0.3) is 0 Å². The van der Waals surface area contributed by atoms with Crippen LogP contribution >= 0.6 is 23.2 Å². The van der Waals surface area contributed by atoms with Crippen LogP contribution in [0.25, 0.3) is 5.03 Å². The number of hydrogen-bond donors (Lipinski definition) is 1. The lowest BCUT2D eigenvalue weighted by Gasteiger charge is -2.03. The number of nitrogen functional groups attached to an aromatic ring is 1. The van der Waals surface area contributed by atoms with Crippen molar-refractivity contribution in [2.24, 2.45) is 0 Å². The summed E-state index contributed by atoms with van der Waals surface area (Å²) in [6, 6.07) is 2.47. The SMILES string of the molecule is C=C(Cl)c1cc(N)c(F)cc1Cl. The third-order valence-corrected chi connectivity index (χ3v) is 1.89. The smallest absolute Gasteiger partial charge is 0.147 e. The highest BCUT2D eigenvalue weighted by Gasteiger charge is 2.07. The van der Waals surface area contributed by atoms with Gasteiger partial charge in [0.2, 0.25) is 0 Å². The molecule has 0 atom stereocenters. The summed E-state index contributed by atoms with van der Waals surface area (Å²) in [5.41, 5.74) is 5.76. The standard InChI is InChI=1S/C8H6Cl2FN/c1-4(9)5-2-8(12)7(11)3-6(5)10/h2-3H,1,12H2. The second-order valence-corrected chi connectivity index (χ2v) is 3.12. The topological polar surface area (TPSA) is 26.0 Å². The Kier molecular flexibility index (Phi) is 2.60. The zero-order valence-electron chi connectivity index (χ0n) is 6.07. The lowest BCUT2D eigenvalue weighted by Crippen LogP contribution is -1.92. The fraction of sp³-hybridized carbons (Fsp3) is 0. The predicted octanol–water partition coefficient (Wildman–Crippen LogP) is 3.27. The van der Waals surface area contributed by atoms with E-state index in [1.165, 1.54) is 6.07 Å². The Morgan fingerprint density at radius 1 is 1.50 bits per heavy atom. The average Bonchev–Trinajstić information content (AvgIpc) is 1.96. The van der Waals surface area contributed by atoms with Gasteiger partial charge < -0.3 is 5.73 Å². The van der Waals surface area contributed by atoms with Crippen molar-refractivity contribution in [3.8, 4) is 0 Å². The van der Waals surface area contributed by atoms with Crippen LogP contribution in [0.1, 0.15) is 5.56 Å². The highest BCUT2D eigenvalue weighted by molar-refractivity contribution is 6.50. The lowest BCUT2D eigenvalue weighted by molar-refractivity contribution is 0.632. The first-order chi connectivity index (χ1) is 5.52. The lowest BCUT2D eigenvalue weighted by atomic mass is 10.2. The van der Waals surface area contributed by atoms with Gasteiger partial charge in [0.15, 0.2) is 0 Å². The Labute approximate surface area is 79.6 Å². The molecule has 4 heteroatoms. The van der Waals surface area contributed by atoms with Gasteiger partial charge in [-0.25, -0.2) is 4.39 Å². The van der Waals surface area contributed by atoms with E-state index >= 15 is 0 Å². The minimum Gasteiger partial charge on any atom is -0.396 e. The van der Waals surface area contributed by atoms with Gasteiger partial charge in [-0.05, 0) is 12.1 Å². The van der Waals surface area contributed by atoms with E-state index in [1.807, 2.05) is 0 Å². The molecule has 0 radical (unpaired) electrons. The molecule has 0 spiro atoms. The molecule has 0 unspecified atom stereocenters. The Balaban J connectivity index is 3.33. The van der Waals surface area contributed by atoms with Crippen LogP contribution in [0.3, 0.4) is 0 Å². The highest BCUT2D eigenvalue weighted by Crippen LogP contribution is 2.28. The quantitative estimate of drug-likeness (QED) is 0.701. The Hall–Kier alpha value is -0.730. The summed E-state index contributed by atoms with van der Waals surface area (Å²) in [5, 5.41) is 0.452. The minimum absolute atomic E-state index is 0.0104. The second-order valence-electron chi connectivity index (χ2n) is 2.26. The Morgan fingerprint density at radius 3 is 2.58 bits per heavy atom. The third kappa shape index (κ3) is 1.71. The number of hydrogen-bond acceptors (Lipinski definition) is 1. The number of benzene rings is 1. The Morgan fingerprint density at radius 2 is 2.08 bits per heavy atom. The zero-order chi connectivity index (χ0) is 9.30. The molecule has 0 aromatic heterocycles. The summed E-state index contributed by atoms with van der Waals surface area (Å²) in [6.07, 6.45) is 0. The van der Waals surface area contributed by atoms with Gasteiger partial charge in [-0.2, -0.15) is 0 Å². The van der Waals surface area contributed by atoms with E-state index in [0.29, 0.717) is 5.56 Å². The maximum absolute atomic E-state index is 12.7. The van der Waals surface area contributed by atoms with Crippen molar-refractivity contribution >= 4 is 33.9 Å². The van der Waals surface area contributed by atoms with Crippen LogP contribution < -0.4 is 5.73 Å². The van der Waals surface area contributed by atoms with E-state index < -0.39 is 5.82 Å². The van der Waals surface area contributed by atoms with Crippen LogP contribution in [0, 0.1) is 5.82 Å². The van der Waals surface area contributed by atoms with E-state index in [4.69, 9.17) is 28.9 Å². The molecule has 0 aliphatic heterocycles. The minimum atomic E-state index is -0.554. The molecule has 1 aromatic carbocycles. The molecule has 0 saturated heterocycles. The van der Waals surface area contributed by atoms with Crippen molar-refractivity contribution < 1.29 is 4.39 Å². The molecule has 1 aromatic rings. The van der Waals surface area contributed by atoms with Gasteiger partial charge in [0, 0.05) is 10.6 Å². The predicted molar refractivity (Wildman–Crippen MR) is 50.7 cm³/mol. The van der Waals surface area contributed by atoms with Crippen LogP contribution in [-0.2, 0) is 0 Å². The molecule has 12 heavy (non-hydrogen) atoms. The van der Waals surface area contributed by atoms with Crippen LogP contribution in [-0.4, -0.2) is 0 Å². The average molecular weight is 206 g/mol. The molecule has 0 saturated carbocycles. The molecule has 0 heterocycles. The van der Waals surface area contributed by atoms with Crippen molar-refractivity contribution in [2.45, 2.75) is 0 Å². The molecule has 0 amide bonds. The molecular weight excluding hydrogens is 200 g/mol. The first kappa shape index (κ1) is 9.36. The Bertz CT molecular complexity index is 336. The van der Waals surface area contributed by atoms with E-state index in [9.17, 15) is 4.39 Å². The zero-order valence-corrected chi connectivity index (χ0v) is 7.58. The highest BCUT2D eigenvalue weighted by atomic mass is 35.5. The molecule has 0 bridgehead atoms. The van der Waals surface area contributed by atoms with Crippen molar-refractivity contribution in [3.05, 3.63) is 35.1 Å². The molecule has 0 fully saturated rings. The van der Waals surface area contributed by atoms with Crippen LogP contribution in [0.15, 0.2) is 18.7 Å². The first-order valence-corrected chi connectivity index (χ1v) is 3.87. The molecule has 1 rings (SSSR count). The van der Waals surface area contributed by atoms with Crippen molar-refractivity contribution in [2.75, 3.05) is 5.73 Å². The van der Waals surface area contributed by atoms with Crippen LogP contribution in [0.5, 0.6) is 0 Å². The van der Waals surface area contributed by atoms with Gasteiger partial charge in [0.1, 0.15) is 5.82 Å². The van der Waals surface area contributed by atoms with Crippen molar-refractivity contribution in [3.63, 3.8) is 0 Å². The summed E-state index contributed by atoms with van der Waals surface area (Å²) in [6.45, 7) is 3.46. The maximum atomic E-state index is 12.7. The molecule has 1 nitrogen and oxygen atoms in total. The van der Waals surface area contributed by atoms with E-state index in [2.05, 4.69) is 6.58 Å². The molecule has 0 aliphatic carbocycles. The number of anilines is 1. The summed E-state index contributed by atoms with van der Waals surface area (Å²) in [7, 11) is 0. The van der Waals surface area contributed by atoms with Crippen LogP contribution in [0.4, 0.5) is 10.1 Å². The number of rotatable bonds is 1. The monoisotopic (exact) mass is 205 g/mol. The summed E-state index contributed by atoms with van der Waals surface area (Å²) in [5.74, 6) is -0.554. The third-order valence-electron chi connectivity index (χ3n) is 1.38. The van der Waals surface area contributed by atoms with E-state index in [1.54, 1.807) is 0 Å². The molecule has 0 aliphatic rings. The molecular formula is C8H6Cl2FN. The van der Waals surface area contributed by atoms with Gasteiger partial charge in [-0.15, -0.1) is 0 Å². The normalized spacial score (nSPS) is 9.92. The van der Waals surface area contributed by atoms with E-state index in [0.717, 1.165) is 6.07 Å². The first-order valence-electron chi connectivity index (χ1n) is 3.11. The molecule has 2 N–H and O–H groups in total. The maximum Gasteiger partial charge on any atom is 0.147 e. The molecule has 64 valence electrons. The fourth-order valence-corrected chi connectivity index (χ4v) is 1.24. The summed E-state index contributed by atoms with van der Waals surface area (Å²) >= 11 is 11.2. The van der Waals surface area contributed by atoms with Crippen LogP contribution in [0.2, 0.25) is 5.02 Å².